The Kier molecular flexibility index (Phi) is 5.85. The van der Waals surface area contributed by atoms with Crippen LogP contribution in [0.25, 0.3) is 0 Å². The van der Waals surface area contributed by atoms with Crippen LogP contribution in [-0.4, -0.2) is 37.2 Å². The highest BCUT2D eigenvalue weighted by Gasteiger charge is 2.18. The van der Waals surface area contributed by atoms with Crippen LogP contribution in [-0.2, 0) is 6.54 Å². The first-order chi connectivity index (χ1) is 9.83. The van der Waals surface area contributed by atoms with E-state index in [0.717, 1.165) is 30.9 Å². The van der Waals surface area contributed by atoms with Gasteiger partial charge in [0.25, 0.3) is 0 Å². The molecule has 1 atom stereocenters. The molecule has 4 heteroatoms. The summed E-state index contributed by atoms with van der Waals surface area (Å²) in [6.45, 7) is 6.58. The van der Waals surface area contributed by atoms with Crippen molar-refractivity contribution in [3.05, 3.63) is 29.8 Å². The fraction of sp³-hybridized carbons (Fsp3) is 0.562. The van der Waals surface area contributed by atoms with E-state index in [1.165, 1.54) is 19.4 Å². The number of benzene rings is 1. The van der Waals surface area contributed by atoms with E-state index in [-0.39, 0.29) is 6.61 Å². The topological polar surface area (TPSA) is 48.3 Å². The van der Waals surface area contributed by atoms with Gasteiger partial charge in [0.15, 0.2) is 6.61 Å². The molecule has 0 aromatic heterocycles. The maximum Gasteiger partial charge on any atom is 0.174 e. The molecule has 108 valence electrons. The molecule has 1 aliphatic heterocycles. The first-order valence-electron chi connectivity index (χ1n) is 7.37. The van der Waals surface area contributed by atoms with Crippen molar-refractivity contribution in [1.82, 2.24) is 10.2 Å². The lowest BCUT2D eigenvalue weighted by Gasteiger charge is -2.32. The molecule has 2 rings (SSSR count). The van der Waals surface area contributed by atoms with Gasteiger partial charge in [-0.05, 0) is 32.0 Å². The molecule has 1 N–H and O–H groups in total. The second-order valence-corrected chi connectivity index (χ2v) is 5.17. The Morgan fingerprint density at radius 2 is 2.30 bits per heavy atom. The molecule has 0 spiro atoms. The Hall–Kier alpha value is -1.57. The zero-order valence-electron chi connectivity index (χ0n) is 12.1. The minimum absolute atomic E-state index is 0.101. The highest BCUT2D eigenvalue weighted by molar-refractivity contribution is 5.33. The standard InChI is InChI=1S/C16H23N3O/c1-2-19-10-5-7-15(13-19)18-12-14-6-3-4-8-16(14)20-11-9-17/h3-4,6,8,15,18H,2,5,7,10-13H2,1H3. The number of hydrogen-bond acceptors (Lipinski definition) is 4. The van der Waals surface area contributed by atoms with Crippen LogP contribution < -0.4 is 10.1 Å². The molecular formula is C16H23N3O. The van der Waals surface area contributed by atoms with Crippen molar-refractivity contribution < 1.29 is 4.74 Å². The van der Waals surface area contributed by atoms with Crippen LogP contribution in [0.1, 0.15) is 25.3 Å². The van der Waals surface area contributed by atoms with Gasteiger partial charge in [0.2, 0.25) is 0 Å². The molecule has 1 aromatic rings. The minimum atomic E-state index is 0.101. The van der Waals surface area contributed by atoms with E-state index in [4.69, 9.17) is 10.00 Å². The summed E-state index contributed by atoms with van der Waals surface area (Å²) in [7, 11) is 0. The molecule has 0 aliphatic carbocycles. The molecule has 20 heavy (non-hydrogen) atoms. The summed E-state index contributed by atoms with van der Waals surface area (Å²) >= 11 is 0. The number of likely N-dealkylation sites (N-methyl/N-ethyl adjacent to an activating group) is 1. The highest BCUT2D eigenvalue weighted by atomic mass is 16.5. The quantitative estimate of drug-likeness (QED) is 0.863. The first-order valence-corrected chi connectivity index (χ1v) is 7.37. The summed E-state index contributed by atoms with van der Waals surface area (Å²) in [4.78, 5) is 2.49. The Labute approximate surface area is 121 Å². The van der Waals surface area contributed by atoms with Crippen LogP contribution in [0.3, 0.4) is 0 Å². The fourth-order valence-corrected chi connectivity index (χ4v) is 2.66. The van der Waals surface area contributed by atoms with E-state index in [1.54, 1.807) is 0 Å². The lowest BCUT2D eigenvalue weighted by atomic mass is 10.1. The third-order valence-corrected chi connectivity index (χ3v) is 3.80. The van der Waals surface area contributed by atoms with Crippen molar-refractivity contribution in [2.75, 3.05) is 26.2 Å². The average Bonchev–Trinajstić information content (AvgIpc) is 2.52. The van der Waals surface area contributed by atoms with Crippen LogP contribution >= 0.6 is 0 Å². The van der Waals surface area contributed by atoms with Gasteiger partial charge in [-0.2, -0.15) is 5.26 Å². The van der Waals surface area contributed by atoms with Gasteiger partial charge in [0, 0.05) is 24.7 Å². The Morgan fingerprint density at radius 1 is 1.45 bits per heavy atom. The molecule has 4 nitrogen and oxygen atoms in total. The number of rotatable bonds is 6. The number of para-hydroxylation sites is 1. The van der Waals surface area contributed by atoms with Crippen LogP contribution in [0.5, 0.6) is 5.75 Å². The van der Waals surface area contributed by atoms with Crippen LogP contribution in [0.4, 0.5) is 0 Å². The van der Waals surface area contributed by atoms with Gasteiger partial charge in [0.05, 0.1) is 0 Å². The normalized spacial score (nSPS) is 19.5. The number of likely N-dealkylation sites (tertiary alicyclic amines) is 1. The van der Waals surface area contributed by atoms with Gasteiger partial charge in [-0.1, -0.05) is 25.1 Å². The molecule has 0 radical (unpaired) electrons. The molecule has 1 unspecified atom stereocenters. The van der Waals surface area contributed by atoms with Crippen molar-refractivity contribution in [1.29, 1.82) is 5.26 Å². The first kappa shape index (κ1) is 14.8. The van der Waals surface area contributed by atoms with Crippen molar-refractivity contribution >= 4 is 0 Å². The number of nitriles is 1. The van der Waals surface area contributed by atoms with Crippen LogP contribution in [0.2, 0.25) is 0 Å². The van der Waals surface area contributed by atoms with Crippen molar-refractivity contribution in [2.24, 2.45) is 0 Å². The molecule has 1 heterocycles. The second-order valence-electron chi connectivity index (χ2n) is 5.17. The van der Waals surface area contributed by atoms with E-state index < -0.39 is 0 Å². The molecule has 0 saturated carbocycles. The van der Waals surface area contributed by atoms with E-state index in [2.05, 4.69) is 23.2 Å². The molecule has 0 bridgehead atoms. The third kappa shape index (κ3) is 4.22. The number of nitrogens with one attached hydrogen (secondary N) is 1. The minimum Gasteiger partial charge on any atom is -0.478 e. The zero-order valence-corrected chi connectivity index (χ0v) is 12.1. The average molecular weight is 273 g/mol. The fourth-order valence-electron chi connectivity index (χ4n) is 2.66. The second kappa shape index (κ2) is 7.88. The zero-order chi connectivity index (χ0) is 14.2. The van der Waals surface area contributed by atoms with Crippen molar-refractivity contribution in [3.63, 3.8) is 0 Å². The summed E-state index contributed by atoms with van der Waals surface area (Å²) in [5, 5.41) is 12.2. The van der Waals surface area contributed by atoms with Crippen LogP contribution in [0.15, 0.2) is 24.3 Å². The van der Waals surface area contributed by atoms with E-state index in [1.807, 2.05) is 24.3 Å². The Bertz CT molecular complexity index is 455. The summed E-state index contributed by atoms with van der Waals surface area (Å²) in [6, 6.07) is 10.5. The predicted molar refractivity (Wildman–Crippen MR) is 79.5 cm³/mol. The molecule has 1 aliphatic rings. The van der Waals surface area contributed by atoms with Gasteiger partial charge in [0.1, 0.15) is 11.8 Å². The Morgan fingerprint density at radius 3 is 3.10 bits per heavy atom. The lowest BCUT2D eigenvalue weighted by molar-refractivity contribution is 0.198. The van der Waals surface area contributed by atoms with Crippen LogP contribution in [0, 0.1) is 11.3 Å². The number of nitrogens with zero attached hydrogens (tertiary/aromatic N) is 2. The van der Waals surface area contributed by atoms with Gasteiger partial charge in [-0.3, -0.25) is 0 Å². The van der Waals surface area contributed by atoms with Crippen molar-refractivity contribution in [3.8, 4) is 11.8 Å². The van der Waals surface area contributed by atoms with E-state index in [0.29, 0.717) is 6.04 Å². The molecule has 1 aromatic carbocycles. The van der Waals surface area contributed by atoms with Crippen molar-refractivity contribution in [2.45, 2.75) is 32.4 Å². The van der Waals surface area contributed by atoms with Gasteiger partial charge >= 0.3 is 0 Å². The highest BCUT2D eigenvalue weighted by Crippen LogP contribution is 2.18. The number of piperidine rings is 1. The Balaban J connectivity index is 1.88. The summed E-state index contributed by atoms with van der Waals surface area (Å²) in [5.41, 5.74) is 1.12. The molecule has 0 amide bonds. The lowest BCUT2D eigenvalue weighted by Crippen LogP contribution is -2.45. The maximum atomic E-state index is 8.61. The maximum absolute atomic E-state index is 8.61. The van der Waals surface area contributed by atoms with E-state index >= 15 is 0 Å². The smallest absolute Gasteiger partial charge is 0.174 e. The largest absolute Gasteiger partial charge is 0.478 e. The third-order valence-electron chi connectivity index (χ3n) is 3.80. The monoisotopic (exact) mass is 273 g/mol. The summed E-state index contributed by atoms with van der Waals surface area (Å²) < 4.78 is 5.46. The summed E-state index contributed by atoms with van der Waals surface area (Å²) in [6.07, 6.45) is 2.50. The number of hydrogen-bond donors (Lipinski definition) is 1. The SMILES string of the molecule is CCN1CCCC(NCc2ccccc2OCC#N)C1. The number of ether oxygens (including phenoxy) is 1. The summed E-state index contributed by atoms with van der Waals surface area (Å²) in [5.74, 6) is 0.810. The van der Waals surface area contributed by atoms with Gasteiger partial charge in [-0.25, -0.2) is 0 Å². The molecule has 1 saturated heterocycles. The van der Waals surface area contributed by atoms with Gasteiger partial charge in [-0.15, -0.1) is 0 Å². The predicted octanol–water partition coefficient (Wildman–Crippen LogP) is 2.16. The molecule has 1 fully saturated rings. The van der Waals surface area contributed by atoms with Gasteiger partial charge < -0.3 is 15.0 Å². The van der Waals surface area contributed by atoms with E-state index in [9.17, 15) is 0 Å². The molecular weight excluding hydrogens is 250 g/mol.